The minimum atomic E-state index is -4.49. The molecule has 4 aromatic heterocycles. The van der Waals surface area contributed by atoms with E-state index in [9.17, 15) is 13.2 Å². The van der Waals surface area contributed by atoms with Gasteiger partial charge in [-0.15, -0.1) is 0 Å². The first-order valence-electron chi connectivity index (χ1n) is 11.9. The summed E-state index contributed by atoms with van der Waals surface area (Å²) in [4.78, 5) is 19.6. The van der Waals surface area contributed by atoms with E-state index in [4.69, 9.17) is 5.10 Å². The fourth-order valence-electron chi connectivity index (χ4n) is 5.02. The van der Waals surface area contributed by atoms with Crippen molar-refractivity contribution in [2.75, 3.05) is 11.4 Å². The molecule has 8 nitrogen and oxygen atoms in total. The van der Waals surface area contributed by atoms with Crippen molar-refractivity contribution in [1.29, 1.82) is 0 Å². The summed E-state index contributed by atoms with van der Waals surface area (Å²) in [7, 11) is 3.52. The number of aryl methyl sites for hydroxylation is 3. The molecule has 186 valence electrons. The molecule has 36 heavy (non-hydrogen) atoms. The van der Waals surface area contributed by atoms with E-state index in [-0.39, 0.29) is 5.82 Å². The van der Waals surface area contributed by atoms with Crippen molar-refractivity contribution in [3.05, 3.63) is 59.2 Å². The Balaban J connectivity index is 1.31. The van der Waals surface area contributed by atoms with Crippen LogP contribution in [0, 0.1) is 6.92 Å². The van der Waals surface area contributed by atoms with E-state index in [0.717, 1.165) is 66.0 Å². The van der Waals surface area contributed by atoms with Gasteiger partial charge in [-0.2, -0.15) is 18.3 Å². The zero-order valence-electron chi connectivity index (χ0n) is 20.2. The summed E-state index contributed by atoms with van der Waals surface area (Å²) in [5.74, 6) is 1.45. The lowest BCUT2D eigenvalue weighted by Gasteiger charge is -2.29. The van der Waals surface area contributed by atoms with Gasteiger partial charge in [0.15, 0.2) is 5.69 Å². The van der Waals surface area contributed by atoms with E-state index < -0.39 is 11.9 Å². The highest BCUT2D eigenvalue weighted by atomic mass is 19.4. The second kappa shape index (κ2) is 8.14. The Kier molecular flexibility index (Phi) is 5.13. The SMILES string of the molecule is Cc1ncnc(C2CC2)c1-c1nn(C)c2c1CN(c1ccc(-c3nc(C(F)(F)F)cn3C)cn1)CC2. The Morgan fingerprint density at radius 2 is 1.86 bits per heavy atom. The number of imidazole rings is 1. The highest BCUT2D eigenvalue weighted by Gasteiger charge is 2.35. The van der Waals surface area contributed by atoms with E-state index >= 15 is 0 Å². The van der Waals surface area contributed by atoms with Crippen molar-refractivity contribution in [2.24, 2.45) is 14.1 Å². The topological polar surface area (TPSA) is 77.5 Å². The molecule has 4 aromatic rings. The van der Waals surface area contributed by atoms with Crippen molar-refractivity contribution in [3.63, 3.8) is 0 Å². The van der Waals surface area contributed by atoms with Crippen LogP contribution in [0.3, 0.4) is 0 Å². The smallest absolute Gasteiger partial charge is 0.352 e. The molecule has 0 saturated heterocycles. The van der Waals surface area contributed by atoms with Crippen LogP contribution in [0.1, 0.15) is 47.1 Å². The molecule has 0 radical (unpaired) electrons. The first-order valence-corrected chi connectivity index (χ1v) is 11.9. The van der Waals surface area contributed by atoms with Crippen LogP contribution in [0.5, 0.6) is 0 Å². The fraction of sp³-hybridized carbons (Fsp3) is 0.400. The van der Waals surface area contributed by atoms with Gasteiger partial charge in [0.25, 0.3) is 0 Å². The lowest BCUT2D eigenvalue weighted by Crippen LogP contribution is -2.31. The predicted molar refractivity (Wildman–Crippen MR) is 127 cm³/mol. The summed E-state index contributed by atoms with van der Waals surface area (Å²) < 4.78 is 42.5. The Labute approximate surface area is 205 Å². The van der Waals surface area contributed by atoms with Crippen LogP contribution >= 0.6 is 0 Å². The molecule has 0 spiro atoms. The Hall–Kier alpha value is -3.76. The Morgan fingerprint density at radius 1 is 1.06 bits per heavy atom. The third-order valence-corrected chi connectivity index (χ3v) is 7.01. The van der Waals surface area contributed by atoms with E-state index in [2.05, 4.69) is 24.8 Å². The van der Waals surface area contributed by atoms with Gasteiger partial charge < -0.3 is 9.47 Å². The molecule has 5 heterocycles. The minimum Gasteiger partial charge on any atom is -0.352 e. The number of hydrogen-bond acceptors (Lipinski definition) is 6. The van der Waals surface area contributed by atoms with Gasteiger partial charge in [0.1, 0.15) is 23.7 Å². The summed E-state index contributed by atoms with van der Waals surface area (Å²) in [6.07, 6.45) is 2.81. The molecule has 0 bridgehead atoms. The quantitative estimate of drug-likeness (QED) is 0.418. The predicted octanol–water partition coefficient (Wildman–Crippen LogP) is 4.44. The minimum absolute atomic E-state index is 0.226. The van der Waals surface area contributed by atoms with Crippen molar-refractivity contribution >= 4 is 5.82 Å². The third-order valence-electron chi connectivity index (χ3n) is 7.01. The molecule has 2 aliphatic rings. The number of pyridine rings is 1. The van der Waals surface area contributed by atoms with Gasteiger partial charge in [-0.05, 0) is 31.9 Å². The summed E-state index contributed by atoms with van der Waals surface area (Å²) in [5.41, 5.74) is 5.94. The first kappa shape index (κ1) is 22.7. The van der Waals surface area contributed by atoms with Crippen LogP contribution in [0.4, 0.5) is 19.0 Å². The fourth-order valence-corrected chi connectivity index (χ4v) is 5.02. The zero-order valence-corrected chi connectivity index (χ0v) is 20.2. The van der Waals surface area contributed by atoms with E-state index in [1.165, 1.54) is 10.3 Å². The van der Waals surface area contributed by atoms with Crippen molar-refractivity contribution in [1.82, 2.24) is 34.3 Å². The van der Waals surface area contributed by atoms with Gasteiger partial charge in [-0.25, -0.2) is 19.9 Å². The van der Waals surface area contributed by atoms with E-state index in [1.54, 1.807) is 25.6 Å². The number of halogens is 3. The van der Waals surface area contributed by atoms with Gasteiger partial charge in [0, 0.05) is 74.3 Å². The summed E-state index contributed by atoms with van der Waals surface area (Å²) in [5, 5.41) is 4.89. The summed E-state index contributed by atoms with van der Waals surface area (Å²) in [6.45, 7) is 3.40. The molecule has 1 fully saturated rings. The summed E-state index contributed by atoms with van der Waals surface area (Å²) in [6, 6.07) is 3.61. The van der Waals surface area contributed by atoms with Crippen molar-refractivity contribution in [2.45, 2.75) is 44.8 Å². The van der Waals surface area contributed by atoms with Crippen molar-refractivity contribution < 1.29 is 13.2 Å². The number of alkyl halides is 3. The van der Waals surface area contributed by atoms with Crippen LogP contribution in [-0.4, -0.2) is 40.8 Å². The number of aromatic nitrogens is 7. The molecule has 0 aromatic carbocycles. The lowest BCUT2D eigenvalue weighted by atomic mass is 9.97. The molecular weight excluding hydrogens is 469 g/mol. The normalized spacial score (nSPS) is 15.9. The zero-order chi connectivity index (χ0) is 25.2. The molecule has 1 aliphatic heterocycles. The molecule has 0 N–H and O–H groups in total. The molecule has 11 heteroatoms. The van der Waals surface area contributed by atoms with Gasteiger partial charge in [-0.3, -0.25) is 4.68 Å². The van der Waals surface area contributed by atoms with Crippen LogP contribution in [0.25, 0.3) is 22.6 Å². The van der Waals surface area contributed by atoms with E-state index in [0.29, 0.717) is 18.0 Å². The molecular formula is C25H25F3N8. The average Bonchev–Trinajstić information content (AvgIpc) is 3.54. The second-order valence-electron chi connectivity index (χ2n) is 9.53. The molecule has 0 unspecified atom stereocenters. The number of hydrogen-bond donors (Lipinski definition) is 0. The Morgan fingerprint density at radius 3 is 2.53 bits per heavy atom. The van der Waals surface area contributed by atoms with Gasteiger partial charge in [0.05, 0.1) is 11.4 Å². The standard InChI is InChI=1S/C25H25F3N8/c1-14-21(22(15-4-5-15)31-13-30-14)23-17-11-36(9-8-18(17)35(3)33-23)20-7-6-16(10-29-20)24-32-19(12-34(24)2)25(26,27)28/h6-7,10,12-13,15H,4-5,8-9,11H2,1-3H3. The maximum atomic E-state index is 13.1. The molecule has 0 atom stereocenters. The molecule has 6 rings (SSSR count). The largest absolute Gasteiger partial charge is 0.434 e. The van der Waals surface area contributed by atoms with Crippen LogP contribution in [0.2, 0.25) is 0 Å². The maximum absolute atomic E-state index is 13.1. The number of nitrogens with zero attached hydrogens (tertiary/aromatic N) is 8. The van der Waals surface area contributed by atoms with Crippen LogP contribution < -0.4 is 4.90 Å². The van der Waals surface area contributed by atoms with Gasteiger partial charge in [0.2, 0.25) is 0 Å². The first-order chi connectivity index (χ1) is 17.2. The Bertz CT molecular complexity index is 1450. The van der Waals surface area contributed by atoms with Crippen LogP contribution in [-0.2, 0) is 33.2 Å². The second-order valence-corrected chi connectivity index (χ2v) is 9.53. The molecule has 0 amide bonds. The highest BCUT2D eigenvalue weighted by Crippen LogP contribution is 2.45. The van der Waals surface area contributed by atoms with E-state index in [1.807, 2.05) is 24.7 Å². The monoisotopic (exact) mass is 494 g/mol. The van der Waals surface area contributed by atoms with Gasteiger partial charge >= 0.3 is 6.18 Å². The van der Waals surface area contributed by atoms with Crippen LogP contribution in [0.15, 0.2) is 30.9 Å². The molecule has 1 saturated carbocycles. The number of fused-ring (bicyclic) bond motifs is 1. The van der Waals surface area contributed by atoms with Gasteiger partial charge in [-0.1, -0.05) is 0 Å². The summed E-state index contributed by atoms with van der Waals surface area (Å²) >= 11 is 0. The number of rotatable bonds is 4. The third kappa shape index (κ3) is 3.82. The lowest BCUT2D eigenvalue weighted by molar-refractivity contribution is -0.140. The average molecular weight is 495 g/mol. The molecule has 1 aliphatic carbocycles. The number of anilines is 1. The van der Waals surface area contributed by atoms with Crippen molar-refractivity contribution in [3.8, 4) is 22.6 Å². The highest BCUT2D eigenvalue weighted by molar-refractivity contribution is 5.71. The maximum Gasteiger partial charge on any atom is 0.434 e.